The van der Waals surface area contributed by atoms with Crippen LogP contribution in [0.15, 0.2) is 211 Å². The van der Waals surface area contributed by atoms with Crippen LogP contribution in [0.25, 0.3) is 55.0 Å². The van der Waals surface area contributed by atoms with Gasteiger partial charge in [-0.05, 0) is 128 Å². The van der Waals surface area contributed by atoms with Crippen LogP contribution in [-0.4, -0.2) is 8.07 Å². The van der Waals surface area contributed by atoms with E-state index in [4.69, 9.17) is 4.42 Å². The van der Waals surface area contributed by atoms with Crippen molar-refractivity contribution in [1.29, 1.82) is 0 Å². The van der Waals surface area contributed by atoms with Gasteiger partial charge in [0.2, 0.25) is 0 Å². The molecule has 0 spiro atoms. The molecule has 58 heavy (non-hydrogen) atoms. The summed E-state index contributed by atoms with van der Waals surface area (Å²) in [7, 11) is -2.14. The van der Waals surface area contributed by atoms with Gasteiger partial charge in [-0.3, -0.25) is 0 Å². The van der Waals surface area contributed by atoms with Gasteiger partial charge in [0.25, 0.3) is 0 Å². The number of para-hydroxylation sites is 4. The highest BCUT2D eigenvalue weighted by atomic mass is 28.3. The molecule has 10 aromatic rings. The van der Waals surface area contributed by atoms with Crippen molar-refractivity contribution in [3.05, 3.63) is 206 Å². The Morgan fingerprint density at radius 3 is 1.41 bits per heavy atom. The van der Waals surface area contributed by atoms with Gasteiger partial charge in [0, 0.05) is 51.0 Å². The summed E-state index contributed by atoms with van der Waals surface area (Å²) in [6, 6.07) is 74.5. The van der Waals surface area contributed by atoms with Gasteiger partial charge >= 0.3 is 0 Å². The Hall–Kier alpha value is -7.14. The maximum atomic E-state index is 6.72. The lowest BCUT2D eigenvalue weighted by Crippen LogP contribution is -2.56. The summed E-state index contributed by atoms with van der Waals surface area (Å²) in [5.41, 5.74) is 13.6. The number of hydrogen-bond acceptors (Lipinski definition) is 3. The molecule has 0 amide bonds. The van der Waals surface area contributed by atoms with Crippen molar-refractivity contribution in [2.24, 2.45) is 0 Å². The molecule has 4 heteroatoms. The number of fused-ring (bicyclic) bond motifs is 5. The second kappa shape index (κ2) is 13.5. The monoisotopic (exact) mass is 760 g/mol. The van der Waals surface area contributed by atoms with Gasteiger partial charge < -0.3 is 14.2 Å². The molecule has 0 unspecified atom stereocenters. The van der Waals surface area contributed by atoms with E-state index in [1.807, 2.05) is 0 Å². The molecule has 276 valence electrons. The van der Waals surface area contributed by atoms with Gasteiger partial charge in [0.1, 0.15) is 19.2 Å². The summed E-state index contributed by atoms with van der Waals surface area (Å²) in [6.45, 7) is 5.03. The zero-order chi connectivity index (χ0) is 38.8. The van der Waals surface area contributed by atoms with E-state index in [0.29, 0.717) is 0 Å². The smallest absolute Gasteiger partial charge is 0.137 e. The Morgan fingerprint density at radius 2 is 0.828 bits per heavy atom. The van der Waals surface area contributed by atoms with Crippen molar-refractivity contribution in [2.75, 3.05) is 9.80 Å². The second-order valence-electron chi connectivity index (χ2n) is 15.8. The van der Waals surface area contributed by atoms with E-state index in [1.54, 1.807) is 0 Å². The van der Waals surface area contributed by atoms with E-state index in [0.717, 1.165) is 55.9 Å². The Morgan fingerprint density at radius 1 is 0.345 bits per heavy atom. The van der Waals surface area contributed by atoms with Crippen molar-refractivity contribution in [3.8, 4) is 22.3 Å². The number of rotatable bonds is 7. The lowest BCUT2D eigenvalue weighted by atomic mass is 9.91. The van der Waals surface area contributed by atoms with Gasteiger partial charge in [-0.25, -0.2) is 0 Å². The summed E-state index contributed by atoms with van der Waals surface area (Å²) in [5, 5.41) is 7.87. The molecule has 0 bridgehead atoms. The van der Waals surface area contributed by atoms with Crippen LogP contribution in [0.3, 0.4) is 0 Å². The largest absolute Gasteiger partial charge is 0.456 e. The zero-order valence-electron chi connectivity index (χ0n) is 32.4. The average molecular weight is 761 g/mol. The minimum atomic E-state index is -2.14. The first kappa shape index (κ1) is 34.1. The fourth-order valence-corrected chi connectivity index (χ4v) is 12.3. The highest BCUT2D eigenvalue weighted by Gasteiger charge is 2.36. The fourth-order valence-electron chi connectivity index (χ4n) is 9.25. The molecule has 0 atom stereocenters. The predicted octanol–water partition coefficient (Wildman–Crippen LogP) is 14.1. The van der Waals surface area contributed by atoms with Crippen LogP contribution in [-0.2, 0) is 0 Å². The Kier molecular flexibility index (Phi) is 7.95. The summed E-state index contributed by atoms with van der Waals surface area (Å²) in [4.78, 5) is 4.65. The zero-order valence-corrected chi connectivity index (χ0v) is 33.4. The summed E-state index contributed by atoms with van der Waals surface area (Å²) < 4.78 is 6.72. The highest BCUT2D eigenvalue weighted by molar-refractivity contribution is 7.03. The van der Waals surface area contributed by atoms with Gasteiger partial charge in [0.15, 0.2) is 0 Å². The molecule has 1 aromatic heterocycles. The van der Waals surface area contributed by atoms with Crippen LogP contribution >= 0.6 is 0 Å². The lowest BCUT2D eigenvalue weighted by molar-refractivity contribution is 0.669. The third kappa shape index (κ3) is 5.48. The van der Waals surface area contributed by atoms with Crippen LogP contribution < -0.4 is 20.2 Å². The lowest BCUT2D eigenvalue weighted by Gasteiger charge is -2.35. The minimum Gasteiger partial charge on any atom is -0.456 e. The van der Waals surface area contributed by atoms with E-state index in [1.165, 1.54) is 43.5 Å². The maximum Gasteiger partial charge on any atom is 0.137 e. The normalized spacial score (nSPS) is 12.8. The molecule has 1 aliphatic heterocycles. The first-order valence-corrected chi connectivity index (χ1v) is 23.0. The van der Waals surface area contributed by atoms with Crippen molar-refractivity contribution in [1.82, 2.24) is 0 Å². The standard InChI is InChI=1S/C54H40N2OSi/c1-58(2)52-25-15-24-48-44(32-33-49(54(48)52)47-31-28-43(36-53(47)58)56(40-20-11-5-12-21-40)41-22-13-6-14-23-41)37-26-29-45-46-30-27-42(35-51(46)57-50(45)34-37)55(38-16-7-3-8-17-38)39-18-9-4-10-19-39/h3-36H,1-2H3. The minimum absolute atomic E-state index is 0.875. The van der Waals surface area contributed by atoms with Gasteiger partial charge in [0.05, 0.1) is 0 Å². The molecule has 11 rings (SSSR count). The van der Waals surface area contributed by atoms with Crippen molar-refractivity contribution < 1.29 is 4.42 Å². The Bertz CT molecular complexity index is 3060. The first-order chi connectivity index (χ1) is 28.5. The predicted molar refractivity (Wildman–Crippen MR) is 248 cm³/mol. The molecule has 0 saturated heterocycles. The molecule has 0 saturated carbocycles. The average Bonchev–Trinajstić information content (AvgIpc) is 3.64. The quantitative estimate of drug-likeness (QED) is 0.151. The molecule has 0 fully saturated rings. The molecule has 1 aliphatic rings. The molecule has 0 radical (unpaired) electrons. The molecular formula is C54H40N2OSi. The van der Waals surface area contributed by atoms with Crippen LogP contribution in [0.5, 0.6) is 0 Å². The number of nitrogens with zero attached hydrogens (tertiary/aromatic N) is 2. The van der Waals surface area contributed by atoms with Crippen LogP contribution in [0, 0.1) is 0 Å². The van der Waals surface area contributed by atoms with Crippen molar-refractivity contribution in [2.45, 2.75) is 13.1 Å². The van der Waals surface area contributed by atoms with E-state index in [-0.39, 0.29) is 0 Å². The molecular weight excluding hydrogens is 721 g/mol. The third-order valence-electron chi connectivity index (χ3n) is 12.0. The van der Waals surface area contributed by atoms with Crippen LogP contribution in [0.4, 0.5) is 34.1 Å². The third-order valence-corrected chi connectivity index (χ3v) is 15.5. The van der Waals surface area contributed by atoms with Gasteiger partial charge in [-0.1, -0.05) is 128 Å². The second-order valence-corrected chi connectivity index (χ2v) is 20.1. The highest BCUT2D eigenvalue weighted by Crippen LogP contribution is 2.43. The van der Waals surface area contributed by atoms with E-state index < -0.39 is 8.07 Å². The van der Waals surface area contributed by atoms with E-state index in [2.05, 4.69) is 229 Å². The summed E-state index contributed by atoms with van der Waals surface area (Å²) in [5.74, 6) is 0. The number of furan rings is 1. The van der Waals surface area contributed by atoms with Crippen LogP contribution in [0.2, 0.25) is 13.1 Å². The van der Waals surface area contributed by atoms with Crippen molar-refractivity contribution in [3.63, 3.8) is 0 Å². The van der Waals surface area contributed by atoms with Gasteiger partial charge in [-0.15, -0.1) is 0 Å². The van der Waals surface area contributed by atoms with Gasteiger partial charge in [-0.2, -0.15) is 0 Å². The maximum absolute atomic E-state index is 6.72. The van der Waals surface area contributed by atoms with Crippen LogP contribution in [0.1, 0.15) is 0 Å². The Labute approximate surface area is 339 Å². The number of anilines is 6. The first-order valence-electron chi connectivity index (χ1n) is 20.0. The molecule has 0 aliphatic carbocycles. The Balaban J connectivity index is 1.01. The SMILES string of the molecule is C[Si]1(C)c2cc(N(c3ccccc3)c3ccccc3)ccc2-c2ccc(-c3ccc4c(c3)oc3cc(N(c5ccccc5)c5ccccc5)ccc34)c3cccc1c23. The molecule has 0 N–H and O–H groups in total. The molecule has 2 heterocycles. The number of hydrogen-bond donors (Lipinski definition) is 0. The number of benzene rings is 9. The molecule has 9 aromatic carbocycles. The van der Waals surface area contributed by atoms with Crippen molar-refractivity contribution >= 4 is 85.3 Å². The fraction of sp³-hybridized carbons (Fsp3) is 0.0370. The van der Waals surface area contributed by atoms with E-state index >= 15 is 0 Å². The topological polar surface area (TPSA) is 19.6 Å². The summed E-state index contributed by atoms with van der Waals surface area (Å²) >= 11 is 0. The van der Waals surface area contributed by atoms with E-state index in [9.17, 15) is 0 Å². The molecule has 3 nitrogen and oxygen atoms in total. The summed E-state index contributed by atoms with van der Waals surface area (Å²) in [6.07, 6.45) is 0.